The minimum absolute atomic E-state index is 0.0665. The molecule has 8 heteroatoms. The summed E-state index contributed by atoms with van der Waals surface area (Å²) in [5.74, 6) is -0.414. The van der Waals surface area contributed by atoms with Gasteiger partial charge in [0.25, 0.3) is 5.69 Å². The Hall–Kier alpha value is -2.31. The molecule has 6 nitrogen and oxygen atoms in total. The lowest BCUT2D eigenvalue weighted by Gasteiger charge is -2.09. The second-order valence-corrected chi connectivity index (χ2v) is 5.62. The number of nitro benzene ring substituents is 1. The third kappa shape index (κ3) is 4.58. The normalized spacial score (nSPS) is 10.2. The van der Waals surface area contributed by atoms with Crippen molar-refractivity contribution in [1.29, 1.82) is 0 Å². The Morgan fingerprint density at radius 1 is 1.17 bits per heavy atom. The maximum atomic E-state index is 11.9. The van der Waals surface area contributed by atoms with Gasteiger partial charge in [0.15, 0.2) is 0 Å². The van der Waals surface area contributed by atoms with Crippen molar-refractivity contribution in [2.24, 2.45) is 0 Å². The third-order valence-corrected chi connectivity index (χ3v) is 3.74. The van der Waals surface area contributed by atoms with Crippen LogP contribution in [-0.2, 0) is 4.79 Å². The Morgan fingerprint density at radius 3 is 2.57 bits per heavy atom. The van der Waals surface area contributed by atoms with Crippen molar-refractivity contribution >= 4 is 46.2 Å². The largest absolute Gasteiger partial charge is 0.376 e. The number of amides is 1. The zero-order valence-electron chi connectivity index (χ0n) is 12.1. The molecule has 0 saturated heterocycles. The van der Waals surface area contributed by atoms with Gasteiger partial charge in [-0.25, -0.2) is 0 Å². The molecule has 0 atom stereocenters. The number of nitrogens with one attached hydrogen (secondary N) is 2. The van der Waals surface area contributed by atoms with Crippen molar-refractivity contribution < 1.29 is 9.72 Å². The molecular weight excluding hydrogens is 341 g/mol. The standard InChI is InChI=1S/C15H13Cl2N3O3/c1-9-2-5-13(14(6-9)20(22)23)19-15(21)8-18-10-3-4-11(16)12(17)7-10/h2-7,18H,8H2,1H3,(H,19,21). The summed E-state index contributed by atoms with van der Waals surface area (Å²) in [7, 11) is 0. The molecule has 120 valence electrons. The van der Waals surface area contributed by atoms with Gasteiger partial charge in [-0.1, -0.05) is 29.3 Å². The molecule has 0 heterocycles. The summed E-state index contributed by atoms with van der Waals surface area (Å²) < 4.78 is 0. The lowest BCUT2D eigenvalue weighted by atomic mass is 10.2. The number of carbonyl (C=O) groups excluding carboxylic acids is 1. The highest BCUT2D eigenvalue weighted by Crippen LogP contribution is 2.26. The number of halogens is 2. The Labute approximate surface area is 142 Å². The van der Waals surface area contributed by atoms with Gasteiger partial charge in [0.1, 0.15) is 5.69 Å². The van der Waals surface area contributed by atoms with E-state index in [1.54, 1.807) is 31.2 Å². The van der Waals surface area contributed by atoms with Crippen LogP contribution in [0, 0.1) is 17.0 Å². The number of anilines is 2. The van der Waals surface area contributed by atoms with E-state index in [4.69, 9.17) is 23.2 Å². The molecule has 0 spiro atoms. The van der Waals surface area contributed by atoms with Crippen LogP contribution in [0.15, 0.2) is 36.4 Å². The summed E-state index contributed by atoms with van der Waals surface area (Å²) in [6.07, 6.45) is 0. The van der Waals surface area contributed by atoms with Crippen LogP contribution < -0.4 is 10.6 Å². The predicted octanol–water partition coefficient (Wildman–Crippen LogP) is 4.26. The highest BCUT2D eigenvalue weighted by molar-refractivity contribution is 6.42. The Kier molecular flexibility index (Phi) is 5.41. The second kappa shape index (κ2) is 7.30. The molecule has 0 bridgehead atoms. The molecule has 1 amide bonds. The third-order valence-electron chi connectivity index (χ3n) is 3.00. The van der Waals surface area contributed by atoms with Gasteiger partial charge in [-0.3, -0.25) is 14.9 Å². The number of aryl methyl sites for hydroxylation is 1. The van der Waals surface area contributed by atoms with Gasteiger partial charge in [-0.15, -0.1) is 0 Å². The van der Waals surface area contributed by atoms with E-state index in [-0.39, 0.29) is 17.9 Å². The molecule has 0 aliphatic carbocycles. The van der Waals surface area contributed by atoms with Gasteiger partial charge in [0.2, 0.25) is 5.91 Å². The fraction of sp³-hybridized carbons (Fsp3) is 0.133. The molecule has 2 aromatic carbocycles. The van der Waals surface area contributed by atoms with Gasteiger partial charge in [0, 0.05) is 11.8 Å². The zero-order valence-corrected chi connectivity index (χ0v) is 13.6. The molecule has 0 fully saturated rings. The van der Waals surface area contributed by atoms with Crippen molar-refractivity contribution in [3.8, 4) is 0 Å². The van der Waals surface area contributed by atoms with Gasteiger partial charge in [0.05, 0.1) is 21.5 Å². The Balaban J connectivity index is 2.02. The lowest BCUT2D eigenvalue weighted by molar-refractivity contribution is -0.384. The zero-order chi connectivity index (χ0) is 17.0. The number of hydrogen-bond acceptors (Lipinski definition) is 4. The van der Waals surface area contributed by atoms with Gasteiger partial charge >= 0.3 is 0 Å². The predicted molar refractivity (Wildman–Crippen MR) is 91.4 cm³/mol. The van der Waals surface area contributed by atoms with Crippen LogP contribution in [0.2, 0.25) is 10.0 Å². The van der Waals surface area contributed by atoms with Crippen molar-refractivity contribution in [1.82, 2.24) is 0 Å². The molecule has 0 radical (unpaired) electrons. The van der Waals surface area contributed by atoms with Gasteiger partial charge < -0.3 is 10.6 Å². The van der Waals surface area contributed by atoms with Crippen molar-refractivity contribution in [2.75, 3.05) is 17.2 Å². The average Bonchev–Trinajstić information content (AvgIpc) is 2.50. The Morgan fingerprint density at radius 2 is 1.91 bits per heavy atom. The van der Waals surface area contributed by atoms with Crippen LogP contribution >= 0.6 is 23.2 Å². The summed E-state index contributed by atoms with van der Waals surface area (Å²) in [5.41, 5.74) is 1.37. The Bertz CT molecular complexity index is 766. The summed E-state index contributed by atoms with van der Waals surface area (Å²) in [6.45, 7) is 1.67. The topological polar surface area (TPSA) is 84.3 Å². The van der Waals surface area contributed by atoms with Crippen LogP contribution in [-0.4, -0.2) is 17.4 Å². The van der Waals surface area contributed by atoms with E-state index in [0.29, 0.717) is 15.7 Å². The molecule has 0 aromatic heterocycles. The second-order valence-electron chi connectivity index (χ2n) is 4.81. The monoisotopic (exact) mass is 353 g/mol. The molecule has 2 N–H and O–H groups in total. The number of nitrogens with zero attached hydrogens (tertiary/aromatic N) is 1. The molecule has 23 heavy (non-hydrogen) atoms. The van der Waals surface area contributed by atoms with Crippen molar-refractivity contribution in [3.63, 3.8) is 0 Å². The van der Waals surface area contributed by atoms with E-state index in [9.17, 15) is 14.9 Å². The molecule has 0 aliphatic rings. The van der Waals surface area contributed by atoms with Gasteiger partial charge in [-0.2, -0.15) is 0 Å². The van der Waals surface area contributed by atoms with Crippen LogP contribution in [0.3, 0.4) is 0 Å². The number of hydrogen-bond donors (Lipinski definition) is 2. The minimum atomic E-state index is -0.533. The number of carbonyl (C=O) groups is 1. The van der Waals surface area contributed by atoms with E-state index in [2.05, 4.69) is 10.6 Å². The van der Waals surface area contributed by atoms with Crippen LogP contribution in [0.5, 0.6) is 0 Å². The first-order chi connectivity index (χ1) is 10.9. The maximum absolute atomic E-state index is 11.9. The number of nitro groups is 1. The molecule has 0 unspecified atom stereocenters. The maximum Gasteiger partial charge on any atom is 0.293 e. The van der Waals surface area contributed by atoms with Gasteiger partial charge in [-0.05, 0) is 36.8 Å². The fourth-order valence-electron chi connectivity index (χ4n) is 1.88. The summed E-state index contributed by atoms with van der Waals surface area (Å²) in [4.78, 5) is 22.4. The van der Waals surface area contributed by atoms with E-state index < -0.39 is 10.8 Å². The van der Waals surface area contributed by atoms with E-state index >= 15 is 0 Å². The smallest absolute Gasteiger partial charge is 0.293 e. The van der Waals surface area contributed by atoms with E-state index in [0.717, 1.165) is 5.56 Å². The highest BCUT2D eigenvalue weighted by Gasteiger charge is 2.15. The highest BCUT2D eigenvalue weighted by atomic mass is 35.5. The quantitative estimate of drug-likeness (QED) is 0.621. The number of benzene rings is 2. The fourth-order valence-corrected chi connectivity index (χ4v) is 2.18. The first-order valence-electron chi connectivity index (χ1n) is 6.60. The molecule has 0 aliphatic heterocycles. The van der Waals surface area contributed by atoms with Crippen LogP contribution in [0.1, 0.15) is 5.56 Å². The van der Waals surface area contributed by atoms with E-state index in [1.807, 2.05) is 0 Å². The molecular formula is C15H13Cl2N3O3. The molecule has 2 rings (SSSR count). The van der Waals surface area contributed by atoms with Crippen LogP contribution in [0.4, 0.5) is 17.1 Å². The van der Waals surface area contributed by atoms with Crippen molar-refractivity contribution in [2.45, 2.75) is 6.92 Å². The first kappa shape index (κ1) is 17.1. The lowest BCUT2D eigenvalue weighted by Crippen LogP contribution is -2.22. The molecule has 2 aromatic rings. The van der Waals surface area contributed by atoms with Crippen LogP contribution in [0.25, 0.3) is 0 Å². The SMILES string of the molecule is Cc1ccc(NC(=O)CNc2ccc(Cl)c(Cl)c2)c([N+](=O)[O-])c1. The summed E-state index contributed by atoms with van der Waals surface area (Å²) in [5, 5.41) is 17.2. The summed E-state index contributed by atoms with van der Waals surface area (Å²) in [6, 6.07) is 9.47. The average molecular weight is 354 g/mol. The summed E-state index contributed by atoms with van der Waals surface area (Å²) >= 11 is 11.7. The minimum Gasteiger partial charge on any atom is -0.376 e. The van der Waals surface area contributed by atoms with Crippen molar-refractivity contribution in [3.05, 3.63) is 62.1 Å². The van der Waals surface area contributed by atoms with E-state index in [1.165, 1.54) is 12.1 Å². The molecule has 0 saturated carbocycles. The number of rotatable bonds is 5. The first-order valence-corrected chi connectivity index (χ1v) is 7.36.